The molecule has 1 N–H and O–H groups in total. The van der Waals surface area contributed by atoms with Crippen molar-refractivity contribution in [3.63, 3.8) is 0 Å². The van der Waals surface area contributed by atoms with Crippen LogP contribution in [0.4, 0.5) is 0 Å². The zero-order valence-corrected chi connectivity index (χ0v) is 11.5. The minimum absolute atomic E-state index is 0.551. The number of hydrogen-bond acceptors (Lipinski definition) is 3. The molecule has 0 spiro atoms. The maximum Gasteiger partial charge on any atom is 0.124 e. The molecule has 3 heterocycles. The minimum Gasteiger partial charge on any atom is -0.493 e. The predicted molar refractivity (Wildman–Crippen MR) is 75.3 cm³/mol. The molecule has 3 heteroatoms. The molecule has 3 aliphatic rings. The SMILES string of the molecule is CC1COc2ccccc2C1N1CC2CNCC2C1. The van der Waals surface area contributed by atoms with Crippen LogP contribution in [-0.4, -0.2) is 37.7 Å². The van der Waals surface area contributed by atoms with Crippen LogP contribution in [-0.2, 0) is 0 Å². The number of rotatable bonds is 1. The fourth-order valence-electron chi connectivity index (χ4n) is 4.15. The van der Waals surface area contributed by atoms with Gasteiger partial charge in [0, 0.05) is 30.6 Å². The maximum absolute atomic E-state index is 5.88. The molecule has 0 amide bonds. The highest BCUT2D eigenvalue weighted by Gasteiger charge is 2.42. The summed E-state index contributed by atoms with van der Waals surface area (Å²) in [7, 11) is 0. The number of benzene rings is 1. The van der Waals surface area contributed by atoms with Gasteiger partial charge in [0.15, 0.2) is 0 Å². The fraction of sp³-hybridized carbons (Fsp3) is 0.625. The van der Waals surface area contributed by atoms with Gasteiger partial charge >= 0.3 is 0 Å². The lowest BCUT2D eigenvalue weighted by Gasteiger charge is -2.38. The van der Waals surface area contributed by atoms with E-state index in [-0.39, 0.29) is 0 Å². The van der Waals surface area contributed by atoms with Gasteiger partial charge in [0.05, 0.1) is 6.61 Å². The van der Waals surface area contributed by atoms with E-state index in [9.17, 15) is 0 Å². The summed E-state index contributed by atoms with van der Waals surface area (Å²) in [6, 6.07) is 9.14. The monoisotopic (exact) mass is 258 g/mol. The Morgan fingerprint density at radius 3 is 2.68 bits per heavy atom. The molecule has 0 aliphatic carbocycles. The molecule has 4 unspecified atom stereocenters. The lowest BCUT2D eigenvalue weighted by Crippen LogP contribution is -2.38. The summed E-state index contributed by atoms with van der Waals surface area (Å²) in [4.78, 5) is 2.71. The molecule has 3 nitrogen and oxygen atoms in total. The van der Waals surface area contributed by atoms with Crippen molar-refractivity contribution in [3.05, 3.63) is 29.8 Å². The normalized spacial score (nSPS) is 37.7. The minimum atomic E-state index is 0.551. The number of likely N-dealkylation sites (tertiary alicyclic amines) is 1. The van der Waals surface area contributed by atoms with Gasteiger partial charge in [-0.05, 0) is 31.0 Å². The number of para-hydroxylation sites is 1. The van der Waals surface area contributed by atoms with Crippen molar-refractivity contribution in [2.75, 3.05) is 32.8 Å². The summed E-state index contributed by atoms with van der Waals surface area (Å²) >= 11 is 0. The Kier molecular flexibility index (Phi) is 2.78. The first-order valence-electron chi connectivity index (χ1n) is 7.49. The second-order valence-electron chi connectivity index (χ2n) is 6.40. The number of nitrogens with one attached hydrogen (secondary N) is 1. The largest absolute Gasteiger partial charge is 0.493 e. The van der Waals surface area contributed by atoms with Crippen molar-refractivity contribution in [2.45, 2.75) is 13.0 Å². The highest BCUT2D eigenvalue weighted by atomic mass is 16.5. The van der Waals surface area contributed by atoms with E-state index in [2.05, 4.69) is 41.4 Å². The van der Waals surface area contributed by atoms with Gasteiger partial charge in [0.25, 0.3) is 0 Å². The van der Waals surface area contributed by atoms with Crippen LogP contribution in [0.2, 0.25) is 0 Å². The molecule has 0 radical (unpaired) electrons. The van der Waals surface area contributed by atoms with E-state index in [0.717, 1.165) is 24.2 Å². The van der Waals surface area contributed by atoms with Crippen molar-refractivity contribution in [2.24, 2.45) is 17.8 Å². The average Bonchev–Trinajstić information content (AvgIpc) is 2.99. The first-order chi connectivity index (χ1) is 9.33. The predicted octanol–water partition coefficient (Wildman–Crippen LogP) is 1.91. The Morgan fingerprint density at radius 2 is 1.89 bits per heavy atom. The van der Waals surface area contributed by atoms with E-state index >= 15 is 0 Å². The first kappa shape index (κ1) is 11.7. The molecular weight excluding hydrogens is 236 g/mol. The van der Waals surface area contributed by atoms with Crippen LogP contribution in [0.25, 0.3) is 0 Å². The van der Waals surface area contributed by atoms with Crippen LogP contribution in [0, 0.1) is 17.8 Å². The summed E-state index contributed by atoms with van der Waals surface area (Å²) < 4.78 is 5.88. The van der Waals surface area contributed by atoms with Gasteiger partial charge in [-0.25, -0.2) is 0 Å². The Morgan fingerprint density at radius 1 is 1.16 bits per heavy atom. The summed E-state index contributed by atoms with van der Waals surface area (Å²) in [5.74, 6) is 3.41. The summed E-state index contributed by atoms with van der Waals surface area (Å²) in [5, 5.41) is 3.53. The van der Waals surface area contributed by atoms with Gasteiger partial charge in [0.2, 0.25) is 0 Å². The topological polar surface area (TPSA) is 24.5 Å². The molecule has 2 fully saturated rings. The molecule has 0 aromatic heterocycles. The molecule has 3 aliphatic heterocycles. The van der Waals surface area contributed by atoms with E-state index in [1.165, 1.54) is 31.7 Å². The van der Waals surface area contributed by atoms with Crippen LogP contribution in [0.5, 0.6) is 5.75 Å². The van der Waals surface area contributed by atoms with Crippen molar-refractivity contribution < 1.29 is 4.74 Å². The molecule has 4 atom stereocenters. The third-order valence-electron chi connectivity index (χ3n) is 5.09. The van der Waals surface area contributed by atoms with Crippen molar-refractivity contribution in [1.82, 2.24) is 10.2 Å². The van der Waals surface area contributed by atoms with Gasteiger partial charge in [-0.2, -0.15) is 0 Å². The molecule has 2 saturated heterocycles. The summed E-state index contributed by atoms with van der Waals surface area (Å²) in [5.41, 5.74) is 1.40. The quantitative estimate of drug-likeness (QED) is 0.833. The summed E-state index contributed by atoms with van der Waals surface area (Å²) in [6.45, 7) is 8.10. The molecule has 1 aromatic carbocycles. The van der Waals surface area contributed by atoms with E-state index in [1.54, 1.807) is 0 Å². The van der Waals surface area contributed by atoms with Gasteiger partial charge in [-0.1, -0.05) is 25.1 Å². The van der Waals surface area contributed by atoms with Crippen LogP contribution in [0.15, 0.2) is 24.3 Å². The Bertz CT molecular complexity index is 464. The third kappa shape index (κ3) is 1.87. The second-order valence-corrected chi connectivity index (χ2v) is 6.40. The fourth-order valence-corrected chi connectivity index (χ4v) is 4.15. The molecular formula is C16H22N2O. The molecule has 1 aromatic rings. The first-order valence-corrected chi connectivity index (χ1v) is 7.49. The highest BCUT2D eigenvalue weighted by Crippen LogP contribution is 2.42. The molecule has 4 rings (SSSR count). The van der Waals surface area contributed by atoms with Crippen molar-refractivity contribution in [3.8, 4) is 5.75 Å². The summed E-state index contributed by atoms with van der Waals surface area (Å²) in [6.07, 6.45) is 0. The van der Waals surface area contributed by atoms with E-state index in [1.807, 2.05) is 0 Å². The van der Waals surface area contributed by atoms with Crippen LogP contribution < -0.4 is 10.1 Å². The number of ether oxygens (including phenoxy) is 1. The molecule has 0 saturated carbocycles. The second kappa shape index (κ2) is 4.50. The van der Waals surface area contributed by atoms with Crippen molar-refractivity contribution >= 4 is 0 Å². The number of nitrogens with zero attached hydrogens (tertiary/aromatic N) is 1. The van der Waals surface area contributed by atoms with Gasteiger partial charge in [0.1, 0.15) is 5.75 Å². The Balaban J connectivity index is 1.63. The van der Waals surface area contributed by atoms with E-state index in [0.29, 0.717) is 12.0 Å². The molecule has 0 bridgehead atoms. The zero-order valence-electron chi connectivity index (χ0n) is 11.5. The number of fused-ring (bicyclic) bond motifs is 2. The smallest absolute Gasteiger partial charge is 0.124 e. The Hall–Kier alpha value is -1.06. The maximum atomic E-state index is 5.88. The van der Waals surface area contributed by atoms with Crippen molar-refractivity contribution in [1.29, 1.82) is 0 Å². The Labute approximate surface area is 114 Å². The van der Waals surface area contributed by atoms with E-state index in [4.69, 9.17) is 4.74 Å². The van der Waals surface area contributed by atoms with Crippen LogP contribution in [0.1, 0.15) is 18.5 Å². The number of hydrogen-bond donors (Lipinski definition) is 1. The highest BCUT2D eigenvalue weighted by molar-refractivity contribution is 5.38. The lowest BCUT2D eigenvalue weighted by molar-refractivity contribution is 0.103. The van der Waals surface area contributed by atoms with Gasteiger partial charge in [-0.3, -0.25) is 4.90 Å². The van der Waals surface area contributed by atoms with Crippen LogP contribution in [0.3, 0.4) is 0 Å². The lowest BCUT2D eigenvalue weighted by atomic mass is 9.91. The molecule has 19 heavy (non-hydrogen) atoms. The average molecular weight is 258 g/mol. The molecule has 102 valence electrons. The van der Waals surface area contributed by atoms with Gasteiger partial charge < -0.3 is 10.1 Å². The van der Waals surface area contributed by atoms with E-state index < -0.39 is 0 Å². The van der Waals surface area contributed by atoms with Crippen LogP contribution >= 0.6 is 0 Å². The zero-order chi connectivity index (χ0) is 12.8. The third-order valence-corrected chi connectivity index (χ3v) is 5.09. The van der Waals surface area contributed by atoms with Gasteiger partial charge in [-0.15, -0.1) is 0 Å². The standard InChI is InChI=1S/C16H22N2O/c1-11-10-19-15-5-3-2-4-14(15)16(11)18-8-12-6-17-7-13(12)9-18/h2-5,11-13,16-17H,6-10H2,1H3.